The smallest absolute Gasteiger partial charge is 0.261 e. The first-order valence-electron chi connectivity index (χ1n) is 10.4. The molecule has 0 unspecified atom stereocenters. The number of hydrogen-bond donors (Lipinski definition) is 2. The van der Waals surface area contributed by atoms with Crippen LogP contribution in [0.4, 0.5) is 5.69 Å². The molecule has 7 nitrogen and oxygen atoms in total. The fourth-order valence-electron chi connectivity index (χ4n) is 3.27. The molecule has 1 heterocycles. The van der Waals surface area contributed by atoms with Gasteiger partial charge in [0.15, 0.2) is 5.11 Å². The number of ether oxygens (including phenoxy) is 2. The Morgan fingerprint density at radius 2 is 1.74 bits per heavy atom. The van der Waals surface area contributed by atoms with Crippen molar-refractivity contribution < 1.29 is 19.1 Å². The van der Waals surface area contributed by atoms with Gasteiger partial charge >= 0.3 is 0 Å². The third-order valence-corrected chi connectivity index (χ3v) is 5.04. The second-order valence-corrected chi connectivity index (χ2v) is 7.43. The van der Waals surface area contributed by atoms with Crippen LogP contribution in [0.3, 0.4) is 0 Å². The van der Waals surface area contributed by atoms with Gasteiger partial charge in [-0.1, -0.05) is 12.1 Å². The Hall–Kier alpha value is -2.97. The Bertz CT molecular complexity index is 911. The number of nitrogens with zero attached hydrogens (tertiary/aromatic N) is 1. The number of amides is 2. The van der Waals surface area contributed by atoms with Gasteiger partial charge < -0.3 is 19.7 Å². The molecular formula is C23H27N3O4S. The third kappa shape index (κ3) is 6.50. The van der Waals surface area contributed by atoms with Crippen LogP contribution in [-0.2, 0) is 4.74 Å². The Morgan fingerprint density at radius 3 is 2.45 bits per heavy atom. The van der Waals surface area contributed by atoms with Crippen LogP contribution in [-0.4, -0.2) is 54.7 Å². The van der Waals surface area contributed by atoms with E-state index in [2.05, 4.69) is 10.6 Å². The van der Waals surface area contributed by atoms with E-state index < -0.39 is 0 Å². The summed E-state index contributed by atoms with van der Waals surface area (Å²) >= 11 is 5.27. The molecule has 0 aromatic heterocycles. The molecule has 0 radical (unpaired) electrons. The minimum atomic E-state index is -0.370. The van der Waals surface area contributed by atoms with Crippen molar-refractivity contribution in [1.29, 1.82) is 0 Å². The SMILES string of the molecule is CCOCCOc1ccccc1C(=O)NC(=S)Nc1ccc(C(=O)N2CCCC2)cc1. The van der Waals surface area contributed by atoms with E-state index in [-0.39, 0.29) is 16.9 Å². The maximum atomic E-state index is 12.6. The topological polar surface area (TPSA) is 79.9 Å². The van der Waals surface area contributed by atoms with Gasteiger partial charge in [-0.25, -0.2) is 0 Å². The zero-order valence-corrected chi connectivity index (χ0v) is 18.4. The average molecular weight is 442 g/mol. The van der Waals surface area contributed by atoms with Crippen molar-refractivity contribution in [3.05, 3.63) is 59.7 Å². The lowest BCUT2D eigenvalue weighted by Gasteiger charge is -2.16. The molecule has 2 N–H and O–H groups in total. The van der Waals surface area contributed by atoms with E-state index >= 15 is 0 Å². The number of para-hydroxylation sites is 1. The van der Waals surface area contributed by atoms with Crippen LogP contribution in [0, 0.1) is 0 Å². The molecule has 0 spiro atoms. The summed E-state index contributed by atoms with van der Waals surface area (Å²) in [6, 6.07) is 14.0. The number of likely N-dealkylation sites (tertiary alicyclic amines) is 1. The zero-order valence-electron chi connectivity index (χ0n) is 17.6. The van der Waals surface area contributed by atoms with Crippen molar-refractivity contribution >= 4 is 34.8 Å². The van der Waals surface area contributed by atoms with Gasteiger partial charge in [0.05, 0.1) is 12.2 Å². The first-order valence-corrected chi connectivity index (χ1v) is 10.8. The maximum absolute atomic E-state index is 12.6. The number of anilines is 1. The van der Waals surface area contributed by atoms with Crippen LogP contribution in [0.1, 0.15) is 40.5 Å². The molecule has 1 saturated heterocycles. The van der Waals surface area contributed by atoms with Gasteiger partial charge in [-0.3, -0.25) is 14.9 Å². The van der Waals surface area contributed by atoms with Gasteiger partial charge in [0.25, 0.3) is 11.8 Å². The molecule has 0 saturated carbocycles. The van der Waals surface area contributed by atoms with Crippen molar-refractivity contribution in [2.75, 3.05) is 38.2 Å². The number of hydrogen-bond acceptors (Lipinski definition) is 5. The summed E-state index contributed by atoms with van der Waals surface area (Å²) in [5.74, 6) is 0.137. The third-order valence-electron chi connectivity index (χ3n) is 4.83. The molecule has 2 aromatic carbocycles. The number of rotatable bonds is 8. The highest BCUT2D eigenvalue weighted by Gasteiger charge is 2.19. The highest BCUT2D eigenvalue weighted by atomic mass is 32.1. The van der Waals surface area contributed by atoms with Gasteiger partial charge in [-0.2, -0.15) is 0 Å². The lowest BCUT2D eigenvalue weighted by atomic mass is 10.2. The van der Waals surface area contributed by atoms with E-state index in [4.69, 9.17) is 21.7 Å². The van der Waals surface area contributed by atoms with Crippen LogP contribution < -0.4 is 15.4 Å². The van der Waals surface area contributed by atoms with Crippen molar-refractivity contribution in [2.24, 2.45) is 0 Å². The standard InChI is InChI=1S/C23H27N3O4S/c1-2-29-15-16-30-20-8-4-3-7-19(20)21(27)25-23(31)24-18-11-9-17(10-12-18)22(28)26-13-5-6-14-26/h3-4,7-12H,2,5-6,13-16H2,1H3,(H2,24,25,27,31). The summed E-state index contributed by atoms with van der Waals surface area (Å²) in [5, 5.41) is 5.80. The van der Waals surface area contributed by atoms with Crippen molar-refractivity contribution in [2.45, 2.75) is 19.8 Å². The molecule has 31 heavy (non-hydrogen) atoms. The maximum Gasteiger partial charge on any atom is 0.261 e. The fraction of sp³-hybridized carbons (Fsp3) is 0.348. The highest BCUT2D eigenvalue weighted by molar-refractivity contribution is 7.80. The molecule has 164 valence electrons. The van der Waals surface area contributed by atoms with E-state index in [1.165, 1.54) is 0 Å². The second-order valence-electron chi connectivity index (χ2n) is 7.03. The number of carbonyl (C=O) groups excluding carboxylic acids is 2. The number of benzene rings is 2. The Morgan fingerprint density at radius 1 is 1.03 bits per heavy atom. The molecule has 2 amide bonds. The largest absolute Gasteiger partial charge is 0.490 e. The van der Waals surface area contributed by atoms with Crippen LogP contribution in [0.15, 0.2) is 48.5 Å². The van der Waals surface area contributed by atoms with E-state index in [1.54, 1.807) is 48.5 Å². The summed E-state index contributed by atoms with van der Waals surface area (Å²) < 4.78 is 10.9. The number of thiocarbonyl (C=S) groups is 1. The van der Waals surface area contributed by atoms with Crippen LogP contribution in [0.5, 0.6) is 5.75 Å². The van der Waals surface area contributed by atoms with Gasteiger partial charge in [-0.15, -0.1) is 0 Å². The minimum absolute atomic E-state index is 0.0425. The van der Waals surface area contributed by atoms with E-state index in [1.807, 2.05) is 11.8 Å². The molecule has 2 aromatic rings. The van der Waals surface area contributed by atoms with Crippen LogP contribution >= 0.6 is 12.2 Å². The van der Waals surface area contributed by atoms with Gasteiger partial charge in [0.2, 0.25) is 0 Å². The predicted octanol–water partition coefficient (Wildman–Crippen LogP) is 3.46. The molecule has 3 rings (SSSR count). The number of carbonyl (C=O) groups is 2. The van der Waals surface area contributed by atoms with Gasteiger partial charge in [-0.05, 0) is 68.4 Å². The predicted molar refractivity (Wildman–Crippen MR) is 124 cm³/mol. The molecular weight excluding hydrogens is 414 g/mol. The average Bonchev–Trinajstić information content (AvgIpc) is 3.32. The van der Waals surface area contributed by atoms with Crippen molar-refractivity contribution in [1.82, 2.24) is 10.2 Å². The first kappa shape index (κ1) is 22.7. The van der Waals surface area contributed by atoms with Crippen LogP contribution in [0.2, 0.25) is 0 Å². The minimum Gasteiger partial charge on any atom is -0.490 e. The normalized spacial score (nSPS) is 13.0. The summed E-state index contributed by atoms with van der Waals surface area (Å²) in [7, 11) is 0. The summed E-state index contributed by atoms with van der Waals surface area (Å²) in [5.41, 5.74) is 1.71. The second kappa shape index (κ2) is 11.4. The molecule has 8 heteroatoms. The fourth-order valence-corrected chi connectivity index (χ4v) is 3.48. The first-order chi connectivity index (χ1) is 15.1. The van der Waals surface area contributed by atoms with E-state index in [9.17, 15) is 9.59 Å². The molecule has 0 bridgehead atoms. The van der Waals surface area contributed by atoms with E-state index in [0.717, 1.165) is 25.9 Å². The summed E-state index contributed by atoms with van der Waals surface area (Å²) in [4.78, 5) is 26.9. The zero-order chi connectivity index (χ0) is 22.1. The summed E-state index contributed by atoms with van der Waals surface area (Å²) in [6.07, 6.45) is 2.11. The molecule has 0 aliphatic carbocycles. The Labute approximate surface area is 187 Å². The van der Waals surface area contributed by atoms with Crippen molar-refractivity contribution in [3.63, 3.8) is 0 Å². The lowest BCUT2D eigenvalue weighted by molar-refractivity contribution is 0.0792. The monoisotopic (exact) mass is 441 g/mol. The summed E-state index contributed by atoms with van der Waals surface area (Å²) in [6.45, 7) is 4.94. The van der Waals surface area contributed by atoms with Gasteiger partial charge in [0, 0.05) is 30.9 Å². The molecule has 1 aliphatic rings. The number of nitrogens with one attached hydrogen (secondary N) is 2. The quantitative estimate of drug-likeness (QED) is 0.482. The molecule has 1 aliphatic heterocycles. The highest BCUT2D eigenvalue weighted by Crippen LogP contribution is 2.18. The Balaban J connectivity index is 1.54. The molecule has 0 atom stereocenters. The Kier molecular flexibility index (Phi) is 8.37. The van der Waals surface area contributed by atoms with Crippen LogP contribution in [0.25, 0.3) is 0 Å². The van der Waals surface area contributed by atoms with Crippen molar-refractivity contribution in [3.8, 4) is 5.75 Å². The molecule has 1 fully saturated rings. The van der Waals surface area contributed by atoms with Gasteiger partial charge in [0.1, 0.15) is 12.4 Å². The lowest BCUT2D eigenvalue weighted by Crippen LogP contribution is -2.34. The van der Waals surface area contributed by atoms with E-state index in [0.29, 0.717) is 42.4 Å².